The van der Waals surface area contributed by atoms with E-state index in [-0.39, 0.29) is 12.4 Å². The summed E-state index contributed by atoms with van der Waals surface area (Å²) in [4.78, 5) is 26.6. The summed E-state index contributed by atoms with van der Waals surface area (Å²) in [5, 5.41) is 4.34. The molecule has 0 saturated heterocycles. The average molecular weight is 550 g/mol. The number of hydrogen-bond acceptors (Lipinski definition) is 6. The number of nitrogens with one attached hydrogen (secondary N) is 1. The Bertz CT molecular complexity index is 1520. The fourth-order valence-electron chi connectivity index (χ4n) is 4.93. The number of allylic oxidation sites excluding steroid dienone is 2. The van der Waals surface area contributed by atoms with Crippen LogP contribution in [-0.4, -0.2) is 25.5 Å². The van der Waals surface area contributed by atoms with Crippen LogP contribution >= 0.6 is 23.2 Å². The summed E-state index contributed by atoms with van der Waals surface area (Å²) < 4.78 is 17.1. The number of halogens is 2. The first-order valence-corrected chi connectivity index (χ1v) is 12.9. The molecule has 1 aliphatic heterocycles. The molecule has 3 aromatic rings. The van der Waals surface area contributed by atoms with Crippen LogP contribution in [0, 0.1) is 0 Å². The molecule has 38 heavy (non-hydrogen) atoms. The number of methoxy groups -OCH3 is 1. The highest BCUT2D eigenvalue weighted by atomic mass is 35.5. The van der Waals surface area contributed by atoms with Crippen molar-refractivity contribution in [2.75, 3.05) is 13.7 Å². The van der Waals surface area contributed by atoms with Crippen molar-refractivity contribution in [3.05, 3.63) is 110 Å². The monoisotopic (exact) mass is 549 g/mol. The smallest absolute Gasteiger partial charge is 0.336 e. The van der Waals surface area contributed by atoms with Crippen molar-refractivity contribution >= 4 is 40.7 Å². The van der Waals surface area contributed by atoms with E-state index in [0.29, 0.717) is 61.8 Å². The number of carbonyl (C=O) groups excluding carboxylic acids is 2. The third-order valence-electron chi connectivity index (χ3n) is 6.65. The number of benzene rings is 3. The lowest BCUT2D eigenvalue weighted by Gasteiger charge is -2.29. The maximum atomic E-state index is 13.6. The van der Waals surface area contributed by atoms with Crippen LogP contribution in [0.1, 0.15) is 46.8 Å². The summed E-state index contributed by atoms with van der Waals surface area (Å²) in [6.45, 7) is 4.28. The van der Waals surface area contributed by atoms with Gasteiger partial charge in [-0.1, -0.05) is 59.6 Å². The molecule has 0 bridgehead atoms. The SMILES string of the molecule is CCOc1cc([C@H]2C(C(=O)OC)=C(C)NC3=C2C(=O)c2ccccc23)ccc1OCc1ccc(Cl)cc1Cl. The van der Waals surface area contributed by atoms with E-state index in [4.69, 9.17) is 37.4 Å². The molecule has 1 atom stereocenters. The maximum absolute atomic E-state index is 13.6. The highest BCUT2D eigenvalue weighted by Crippen LogP contribution is 2.48. The summed E-state index contributed by atoms with van der Waals surface area (Å²) in [5.74, 6) is -0.298. The highest BCUT2D eigenvalue weighted by Gasteiger charge is 2.43. The second-order valence-electron chi connectivity index (χ2n) is 8.92. The van der Waals surface area contributed by atoms with Crippen LogP contribution < -0.4 is 14.8 Å². The molecule has 2 aliphatic rings. The van der Waals surface area contributed by atoms with Gasteiger partial charge in [0.1, 0.15) is 6.61 Å². The summed E-state index contributed by atoms with van der Waals surface area (Å²) in [6, 6.07) is 18.1. The molecule has 194 valence electrons. The van der Waals surface area contributed by atoms with Crippen LogP contribution in [0.2, 0.25) is 10.0 Å². The molecule has 1 aliphatic carbocycles. The van der Waals surface area contributed by atoms with Gasteiger partial charge in [0, 0.05) is 43.9 Å². The number of dihydropyridines is 1. The average Bonchev–Trinajstić information content (AvgIpc) is 3.19. The van der Waals surface area contributed by atoms with Gasteiger partial charge in [-0.2, -0.15) is 0 Å². The van der Waals surface area contributed by atoms with E-state index in [2.05, 4.69) is 5.32 Å². The van der Waals surface area contributed by atoms with Gasteiger partial charge in [-0.3, -0.25) is 4.79 Å². The zero-order valence-electron chi connectivity index (χ0n) is 21.1. The molecule has 0 aromatic heterocycles. The van der Waals surface area contributed by atoms with Crippen LogP contribution in [0.4, 0.5) is 0 Å². The lowest BCUT2D eigenvalue weighted by Crippen LogP contribution is -2.29. The summed E-state index contributed by atoms with van der Waals surface area (Å²) in [7, 11) is 1.33. The van der Waals surface area contributed by atoms with E-state index >= 15 is 0 Å². The first kappa shape index (κ1) is 25.9. The molecule has 0 saturated carbocycles. The molecule has 1 N–H and O–H groups in total. The second-order valence-corrected chi connectivity index (χ2v) is 9.76. The lowest BCUT2D eigenvalue weighted by molar-refractivity contribution is -0.136. The molecule has 0 spiro atoms. The van der Waals surface area contributed by atoms with Gasteiger partial charge >= 0.3 is 5.97 Å². The zero-order chi connectivity index (χ0) is 27.0. The lowest BCUT2D eigenvalue weighted by atomic mass is 9.79. The molecule has 1 heterocycles. The van der Waals surface area contributed by atoms with Gasteiger partial charge in [-0.05, 0) is 43.7 Å². The molecule has 5 rings (SSSR count). The predicted molar refractivity (Wildman–Crippen MR) is 147 cm³/mol. The molecule has 6 nitrogen and oxygen atoms in total. The van der Waals surface area contributed by atoms with Crippen molar-refractivity contribution in [3.8, 4) is 11.5 Å². The topological polar surface area (TPSA) is 73.9 Å². The Hall–Kier alpha value is -3.74. The van der Waals surface area contributed by atoms with Gasteiger partial charge in [0.15, 0.2) is 17.3 Å². The number of Topliss-reactive ketones (excluding diaryl/α,β-unsaturated/α-hetero) is 1. The van der Waals surface area contributed by atoms with Crippen LogP contribution in [-0.2, 0) is 16.1 Å². The number of hydrogen-bond donors (Lipinski definition) is 1. The largest absolute Gasteiger partial charge is 0.490 e. The van der Waals surface area contributed by atoms with Crippen LogP contribution in [0.15, 0.2) is 77.5 Å². The number of carbonyl (C=O) groups is 2. The van der Waals surface area contributed by atoms with Gasteiger partial charge in [-0.15, -0.1) is 0 Å². The minimum absolute atomic E-state index is 0.127. The fourth-order valence-corrected chi connectivity index (χ4v) is 5.39. The number of fused-ring (bicyclic) bond motifs is 2. The maximum Gasteiger partial charge on any atom is 0.336 e. The molecule has 8 heteroatoms. The van der Waals surface area contributed by atoms with Gasteiger partial charge in [0.2, 0.25) is 0 Å². The first-order valence-electron chi connectivity index (χ1n) is 12.1. The Kier molecular flexibility index (Phi) is 7.19. The van der Waals surface area contributed by atoms with Crippen molar-refractivity contribution in [1.29, 1.82) is 0 Å². The standard InChI is InChI=1S/C30H25Cl2NO5/c1-4-37-24-13-17(10-12-23(24)38-15-18-9-11-19(31)14-22(18)32)26-25(30(35)36-3)16(2)33-28-20-7-5-6-8-21(20)29(34)27(26)28/h5-14,26,33H,4,15H2,1-3H3/t26-/m0/s1. The molecule has 0 unspecified atom stereocenters. The van der Waals surface area contributed by atoms with Crippen LogP contribution in [0.5, 0.6) is 11.5 Å². The van der Waals surface area contributed by atoms with Crippen LogP contribution in [0.3, 0.4) is 0 Å². The normalized spacial score (nSPS) is 16.1. The van der Waals surface area contributed by atoms with E-state index in [0.717, 1.165) is 11.1 Å². The molecular weight excluding hydrogens is 525 g/mol. The van der Waals surface area contributed by atoms with E-state index in [1.165, 1.54) is 7.11 Å². The van der Waals surface area contributed by atoms with Gasteiger partial charge in [-0.25, -0.2) is 4.79 Å². The first-order chi connectivity index (χ1) is 18.3. The van der Waals surface area contributed by atoms with Gasteiger partial charge in [0.25, 0.3) is 0 Å². The number of rotatable bonds is 7. The minimum Gasteiger partial charge on any atom is -0.490 e. The molecule has 0 radical (unpaired) electrons. The van der Waals surface area contributed by atoms with Crippen molar-refractivity contribution in [1.82, 2.24) is 5.32 Å². The Morgan fingerprint density at radius 3 is 2.45 bits per heavy atom. The molecule has 0 fully saturated rings. The Balaban J connectivity index is 1.57. The third kappa shape index (κ3) is 4.55. The van der Waals surface area contributed by atoms with E-state index < -0.39 is 11.9 Å². The zero-order valence-corrected chi connectivity index (χ0v) is 22.6. The van der Waals surface area contributed by atoms with Gasteiger partial charge in [0.05, 0.1) is 25.0 Å². The van der Waals surface area contributed by atoms with Crippen molar-refractivity contribution < 1.29 is 23.8 Å². The number of ketones is 1. The third-order valence-corrected chi connectivity index (χ3v) is 7.24. The minimum atomic E-state index is -0.655. The van der Waals surface area contributed by atoms with Gasteiger partial charge < -0.3 is 19.5 Å². The molecular formula is C30H25Cl2NO5. The van der Waals surface area contributed by atoms with E-state index in [9.17, 15) is 9.59 Å². The highest BCUT2D eigenvalue weighted by molar-refractivity contribution is 6.35. The molecule has 3 aromatic carbocycles. The summed E-state index contributed by atoms with van der Waals surface area (Å²) in [6.07, 6.45) is 0. The van der Waals surface area contributed by atoms with E-state index in [1.54, 1.807) is 24.3 Å². The quantitative estimate of drug-likeness (QED) is 0.330. The summed E-state index contributed by atoms with van der Waals surface area (Å²) in [5.41, 5.74) is 5.09. The number of esters is 1. The van der Waals surface area contributed by atoms with E-state index in [1.807, 2.05) is 50.2 Å². The Labute approximate surface area is 230 Å². The van der Waals surface area contributed by atoms with Crippen molar-refractivity contribution in [3.63, 3.8) is 0 Å². The van der Waals surface area contributed by atoms with Crippen molar-refractivity contribution in [2.24, 2.45) is 0 Å². The fraction of sp³-hybridized carbons (Fsp3) is 0.200. The summed E-state index contributed by atoms with van der Waals surface area (Å²) >= 11 is 12.3. The molecule has 0 amide bonds. The Morgan fingerprint density at radius 2 is 1.74 bits per heavy atom. The second kappa shape index (κ2) is 10.6. The van der Waals surface area contributed by atoms with Crippen LogP contribution in [0.25, 0.3) is 5.70 Å². The predicted octanol–water partition coefficient (Wildman–Crippen LogP) is 6.71. The Morgan fingerprint density at radius 1 is 0.974 bits per heavy atom. The number of ether oxygens (including phenoxy) is 3. The van der Waals surface area contributed by atoms with Crippen molar-refractivity contribution in [2.45, 2.75) is 26.4 Å².